The van der Waals surface area contributed by atoms with Gasteiger partial charge in [0.15, 0.2) is 0 Å². The Bertz CT molecular complexity index is 90.0. The first-order chi connectivity index (χ1) is 3.13. The summed E-state index contributed by atoms with van der Waals surface area (Å²) in [6.45, 7) is 2.36. The molecule has 0 aliphatic carbocycles. The standard InChI is InChI=1S/C4H6O3.2Pb.4H/c1-3(5)7-4(2)6;;;;;;/h1-2H3;;;;;;. The van der Waals surface area contributed by atoms with Gasteiger partial charge in [-0.05, 0) is 0 Å². The Balaban J connectivity index is -0.000000180. The first-order valence-corrected chi connectivity index (χ1v) is 1.82. The number of esters is 2. The van der Waals surface area contributed by atoms with Crippen LogP contribution in [0.5, 0.6) is 0 Å². The van der Waals surface area contributed by atoms with E-state index in [9.17, 15) is 9.59 Å². The van der Waals surface area contributed by atoms with Crippen LogP contribution < -0.4 is 0 Å². The van der Waals surface area contributed by atoms with Crippen molar-refractivity contribution in [3.8, 4) is 0 Å². The zero-order valence-electron chi connectivity index (χ0n) is 5.64. The maximum absolute atomic E-state index is 9.81. The quantitative estimate of drug-likeness (QED) is 0.217. The van der Waals surface area contributed by atoms with E-state index in [-0.39, 0.29) is 54.6 Å². The second-order valence-corrected chi connectivity index (χ2v) is 1.09. The molecule has 0 saturated heterocycles. The van der Waals surface area contributed by atoms with Crippen molar-refractivity contribution >= 4 is 66.5 Å². The third kappa shape index (κ3) is 17.6. The van der Waals surface area contributed by atoms with Gasteiger partial charge in [0.25, 0.3) is 0 Å². The third-order valence-corrected chi connectivity index (χ3v) is 0.287. The monoisotopic (exact) mass is 522 g/mol. The molecule has 5 heteroatoms. The summed E-state index contributed by atoms with van der Waals surface area (Å²) < 4.78 is 3.97. The van der Waals surface area contributed by atoms with E-state index < -0.39 is 11.9 Å². The first-order valence-electron chi connectivity index (χ1n) is 1.82. The molecule has 52 valence electrons. The minimum atomic E-state index is -0.562. The normalized spacial score (nSPS) is 6.00. The SMILES string of the molecule is CC(=O)OC(C)=O.[PbH2].[PbH2]. The second-order valence-electron chi connectivity index (χ2n) is 1.09. The number of rotatable bonds is 0. The molecule has 0 aromatic rings. The second kappa shape index (κ2) is 8.98. The van der Waals surface area contributed by atoms with Crippen molar-refractivity contribution in [3.63, 3.8) is 0 Å². The fraction of sp³-hybridized carbons (Fsp3) is 0.500. The molecule has 0 aliphatic heterocycles. The van der Waals surface area contributed by atoms with Crippen LogP contribution in [-0.2, 0) is 14.3 Å². The summed E-state index contributed by atoms with van der Waals surface area (Å²) in [5.41, 5.74) is 0. The van der Waals surface area contributed by atoms with Crippen LogP contribution in [0.25, 0.3) is 0 Å². The van der Waals surface area contributed by atoms with Crippen molar-refractivity contribution in [1.29, 1.82) is 0 Å². The van der Waals surface area contributed by atoms with Crippen LogP contribution in [0.4, 0.5) is 0 Å². The molecule has 0 bridgehead atoms. The summed E-state index contributed by atoms with van der Waals surface area (Å²) in [6, 6.07) is 0. The summed E-state index contributed by atoms with van der Waals surface area (Å²) in [6.07, 6.45) is 0. The first kappa shape index (κ1) is 16.5. The van der Waals surface area contributed by atoms with Crippen LogP contribution in [0, 0.1) is 0 Å². The molecule has 0 saturated carbocycles. The molecule has 4 radical (unpaired) electrons. The van der Waals surface area contributed by atoms with Crippen molar-refractivity contribution in [2.75, 3.05) is 0 Å². The minimum absolute atomic E-state index is 0. The molecule has 0 unspecified atom stereocenters. The zero-order chi connectivity index (χ0) is 5.86. The molecule has 3 nitrogen and oxygen atoms in total. The number of carbonyl (C=O) groups is 2. The maximum atomic E-state index is 9.81. The van der Waals surface area contributed by atoms with Crippen molar-refractivity contribution < 1.29 is 14.3 Å². The van der Waals surface area contributed by atoms with Crippen molar-refractivity contribution in [1.82, 2.24) is 0 Å². The van der Waals surface area contributed by atoms with Crippen LogP contribution in [0.15, 0.2) is 0 Å². The number of carbonyl (C=O) groups excluding carboxylic acids is 2. The van der Waals surface area contributed by atoms with Crippen LogP contribution in [-0.4, -0.2) is 66.5 Å². The van der Waals surface area contributed by atoms with E-state index in [1.165, 1.54) is 13.8 Å². The van der Waals surface area contributed by atoms with E-state index in [0.29, 0.717) is 0 Å². The molecule has 0 atom stereocenters. The van der Waals surface area contributed by atoms with Crippen molar-refractivity contribution in [3.05, 3.63) is 0 Å². The number of hydrogen-bond donors (Lipinski definition) is 0. The van der Waals surface area contributed by atoms with Gasteiger partial charge in [-0.15, -0.1) is 0 Å². The van der Waals surface area contributed by atoms with Gasteiger partial charge in [-0.3, -0.25) is 9.59 Å². The number of hydrogen-bond acceptors (Lipinski definition) is 3. The molecule has 0 fully saturated rings. The average molecular weight is 521 g/mol. The Labute approximate surface area is 93.8 Å². The van der Waals surface area contributed by atoms with Gasteiger partial charge in [0.1, 0.15) is 0 Å². The van der Waals surface area contributed by atoms with E-state index in [2.05, 4.69) is 4.74 Å². The molecular formula is C4H10O3Pb2. The van der Waals surface area contributed by atoms with Crippen molar-refractivity contribution in [2.24, 2.45) is 0 Å². The van der Waals surface area contributed by atoms with Gasteiger partial charge in [0.2, 0.25) is 0 Å². The molecule has 9 heavy (non-hydrogen) atoms. The van der Waals surface area contributed by atoms with Gasteiger partial charge in [0, 0.05) is 13.8 Å². The van der Waals surface area contributed by atoms with Gasteiger partial charge < -0.3 is 4.74 Å². The topological polar surface area (TPSA) is 43.4 Å². The Morgan fingerprint density at radius 3 is 1.22 bits per heavy atom. The Morgan fingerprint density at radius 1 is 1.00 bits per heavy atom. The van der Waals surface area contributed by atoms with Crippen LogP contribution in [0.1, 0.15) is 13.8 Å². The molecule has 0 spiro atoms. The molecule has 0 N–H and O–H groups in total. The predicted molar refractivity (Wildman–Crippen MR) is 39.5 cm³/mol. The van der Waals surface area contributed by atoms with Gasteiger partial charge in [-0.2, -0.15) is 0 Å². The number of ether oxygens (including phenoxy) is 1. The molecule has 0 aromatic carbocycles. The van der Waals surface area contributed by atoms with Crippen LogP contribution in [0.2, 0.25) is 0 Å². The molecule has 0 aromatic heterocycles. The van der Waals surface area contributed by atoms with Gasteiger partial charge in [-0.25, -0.2) is 0 Å². The summed E-state index contributed by atoms with van der Waals surface area (Å²) in [4.78, 5) is 19.6. The van der Waals surface area contributed by atoms with E-state index in [1.807, 2.05) is 0 Å². The van der Waals surface area contributed by atoms with Gasteiger partial charge in [-0.1, -0.05) is 0 Å². The Morgan fingerprint density at radius 2 is 1.22 bits per heavy atom. The van der Waals surface area contributed by atoms with E-state index >= 15 is 0 Å². The zero-order valence-corrected chi connectivity index (χ0v) is 16.6. The molecule has 0 amide bonds. The fourth-order valence-electron chi connectivity index (χ4n) is 0.202. The summed E-state index contributed by atoms with van der Waals surface area (Å²) in [5, 5.41) is 0. The predicted octanol–water partition coefficient (Wildman–Crippen LogP) is -1.74. The van der Waals surface area contributed by atoms with E-state index in [1.54, 1.807) is 0 Å². The fourth-order valence-corrected chi connectivity index (χ4v) is 0.202. The van der Waals surface area contributed by atoms with Crippen LogP contribution in [0.3, 0.4) is 0 Å². The molecule has 0 aliphatic rings. The summed E-state index contributed by atoms with van der Waals surface area (Å²) >= 11 is 0. The van der Waals surface area contributed by atoms with Crippen molar-refractivity contribution in [2.45, 2.75) is 13.8 Å². The molecule has 0 heterocycles. The molecule has 0 rings (SSSR count). The third-order valence-electron chi connectivity index (χ3n) is 0.287. The Kier molecular flexibility index (Phi) is 16.5. The average Bonchev–Trinajstić information content (AvgIpc) is 1.27. The van der Waals surface area contributed by atoms with Gasteiger partial charge in [0.05, 0.1) is 0 Å². The van der Waals surface area contributed by atoms with E-state index in [0.717, 1.165) is 0 Å². The van der Waals surface area contributed by atoms with E-state index in [4.69, 9.17) is 0 Å². The summed E-state index contributed by atoms with van der Waals surface area (Å²) in [7, 11) is 0. The van der Waals surface area contributed by atoms with Crippen LogP contribution >= 0.6 is 0 Å². The van der Waals surface area contributed by atoms with Gasteiger partial charge >= 0.3 is 66.5 Å². The Hall–Kier alpha value is 0.984. The molecular weight excluding hydrogens is 510 g/mol. The summed E-state index contributed by atoms with van der Waals surface area (Å²) in [5.74, 6) is -1.12.